The summed E-state index contributed by atoms with van der Waals surface area (Å²) in [7, 11) is 0. The molecular weight excluding hydrogens is 309 g/mol. The quantitative estimate of drug-likeness (QED) is 0.939. The van der Waals surface area contributed by atoms with Gasteiger partial charge in [0.2, 0.25) is 11.8 Å². The predicted molar refractivity (Wildman–Crippen MR) is 86.7 cm³/mol. The van der Waals surface area contributed by atoms with Crippen molar-refractivity contribution in [3.05, 3.63) is 42.0 Å². The van der Waals surface area contributed by atoms with Crippen LogP contribution >= 0.6 is 0 Å². The molecule has 4 rings (SSSR count). The fourth-order valence-electron chi connectivity index (χ4n) is 3.55. The molecule has 0 saturated carbocycles. The van der Waals surface area contributed by atoms with E-state index < -0.39 is 0 Å². The summed E-state index contributed by atoms with van der Waals surface area (Å²) in [6, 6.07) is 6.94. The van der Waals surface area contributed by atoms with Gasteiger partial charge < -0.3 is 14.6 Å². The number of aromatic nitrogens is 1. The molecule has 2 unspecified atom stereocenters. The molecule has 0 spiro atoms. The molecule has 1 amide bonds. The first-order valence-electron chi connectivity index (χ1n) is 8.41. The second-order valence-corrected chi connectivity index (χ2v) is 6.59. The summed E-state index contributed by atoms with van der Waals surface area (Å²) in [5, 5.41) is 3.57. The van der Waals surface area contributed by atoms with E-state index in [9.17, 15) is 9.18 Å². The SMILES string of the molecule is O=C(Cc1coc(-c2ccc(F)cc2)n1)N1CCC2CCC(C1)N2. The summed E-state index contributed by atoms with van der Waals surface area (Å²) < 4.78 is 18.4. The summed E-state index contributed by atoms with van der Waals surface area (Å²) in [6.07, 6.45) is 5.13. The molecule has 2 saturated heterocycles. The monoisotopic (exact) mass is 329 g/mol. The second-order valence-electron chi connectivity index (χ2n) is 6.59. The zero-order valence-corrected chi connectivity index (χ0v) is 13.4. The minimum atomic E-state index is -0.301. The van der Waals surface area contributed by atoms with Crippen molar-refractivity contribution in [3.8, 4) is 11.5 Å². The number of halogens is 1. The minimum Gasteiger partial charge on any atom is -0.444 e. The number of rotatable bonds is 3. The molecule has 2 atom stereocenters. The van der Waals surface area contributed by atoms with Crippen molar-refractivity contribution < 1.29 is 13.6 Å². The molecule has 3 heterocycles. The number of nitrogens with zero attached hydrogens (tertiary/aromatic N) is 2. The maximum atomic E-state index is 13.0. The molecule has 126 valence electrons. The largest absolute Gasteiger partial charge is 0.444 e. The van der Waals surface area contributed by atoms with E-state index in [4.69, 9.17) is 4.42 Å². The number of fused-ring (bicyclic) bond motifs is 2. The number of likely N-dealkylation sites (tertiary alicyclic amines) is 1. The summed E-state index contributed by atoms with van der Waals surface area (Å²) in [4.78, 5) is 18.9. The van der Waals surface area contributed by atoms with Crippen LogP contribution in [0.3, 0.4) is 0 Å². The van der Waals surface area contributed by atoms with Crippen LogP contribution in [0.1, 0.15) is 25.0 Å². The number of hydrogen-bond acceptors (Lipinski definition) is 4. The Kier molecular flexibility index (Phi) is 4.06. The molecule has 24 heavy (non-hydrogen) atoms. The first kappa shape index (κ1) is 15.3. The molecule has 1 aromatic heterocycles. The van der Waals surface area contributed by atoms with E-state index >= 15 is 0 Å². The van der Waals surface area contributed by atoms with Gasteiger partial charge in [0.05, 0.1) is 12.1 Å². The van der Waals surface area contributed by atoms with Gasteiger partial charge in [0.1, 0.15) is 12.1 Å². The van der Waals surface area contributed by atoms with Crippen molar-refractivity contribution >= 4 is 5.91 Å². The van der Waals surface area contributed by atoms with Gasteiger partial charge in [-0.1, -0.05) is 0 Å². The van der Waals surface area contributed by atoms with E-state index in [1.54, 1.807) is 12.1 Å². The highest BCUT2D eigenvalue weighted by atomic mass is 19.1. The van der Waals surface area contributed by atoms with Crippen LogP contribution in [-0.4, -0.2) is 41.0 Å². The van der Waals surface area contributed by atoms with Gasteiger partial charge in [0, 0.05) is 30.7 Å². The molecule has 1 aromatic carbocycles. The van der Waals surface area contributed by atoms with E-state index in [0.717, 1.165) is 25.9 Å². The fourth-order valence-corrected chi connectivity index (χ4v) is 3.55. The third-order valence-corrected chi connectivity index (χ3v) is 4.85. The van der Waals surface area contributed by atoms with Gasteiger partial charge in [-0.05, 0) is 43.5 Å². The van der Waals surface area contributed by atoms with Crippen LogP contribution in [-0.2, 0) is 11.2 Å². The molecule has 2 bridgehead atoms. The van der Waals surface area contributed by atoms with Crippen LogP contribution < -0.4 is 5.32 Å². The Hall–Kier alpha value is -2.21. The van der Waals surface area contributed by atoms with Gasteiger partial charge in [0.25, 0.3) is 0 Å². The number of carbonyl (C=O) groups excluding carboxylic acids is 1. The Balaban J connectivity index is 1.42. The van der Waals surface area contributed by atoms with Gasteiger partial charge in [-0.15, -0.1) is 0 Å². The van der Waals surface area contributed by atoms with E-state index in [-0.39, 0.29) is 18.1 Å². The summed E-state index contributed by atoms with van der Waals surface area (Å²) in [5.74, 6) is 0.197. The standard InChI is InChI=1S/C18H20FN3O2/c19-13-3-1-12(2-4-13)18-21-16(11-24-18)9-17(23)22-8-7-14-5-6-15(10-22)20-14/h1-4,11,14-15,20H,5-10H2. The highest BCUT2D eigenvalue weighted by molar-refractivity contribution is 5.78. The van der Waals surface area contributed by atoms with E-state index in [0.29, 0.717) is 29.2 Å². The number of oxazole rings is 1. The maximum Gasteiger partial charge on any atom is 0.228 e. The van der Waals surface area contributed by atoms with Crippen molar-refractivity contribution in [2.75, 3.05) is 13.1 Å². The van der Waals surface area contributed by atoms with E-state index in [1.807, 2.05) is 4.90 Å². The van der Waals surface area contributed by atoms with Crippen molar-refractivity contribution in [1.29, 1.82) is 0 Å². The molecule has 2 fully saturated rings. The molecule has 6 heteroatoms. The lowest BCUT2D eigenvalue weighted by atomic mass is 10.1. The number of nitrogens with one attached hydrogen (secondary N) is 1. The Bertz CT molecular complexity index is 728. The highest BCUT2D eigenvalue weighted by Gasteiger charge is 2.31. The van der Waals surface area contributed by atoms with Crippen molar-refractivity contribution in [1.82, 2.24) is 15.2 Å². The summed E-state index contributed by atoms with van der Waals surface area (Å²) in [6.45, 7) is 1.58. The van der Waals surface area contributed by atoms with Gasteiger partial charge in [-0.25, -0.2) is 9.37 Å². The Labute approximate surface area is 139 Å². The van der Waals surface area contributed by atoms with Crippen LogP contribution in [0.15, 0.2) is 34.9 Å². The topological polar surface area (TPSA) is 58.4 Å². The zero-order valence-electron chi connectivity index (χ0n) is 13.4. The summed E-state index contributed by atoms with van der Waals surface area (Å²) >= 11 is 0. The average Bonchev–Trinajstić information content (AvgIpc) is 3.14. The van der Waals surface area contributed by atoms with Crippen LogP contribution in [0, 0.1) is 5.82 Å². The Morgan fingerprint density at radius 2 is 2.04 bits per heavy atom. The van der Waals surface area contributed by atoms with Crippen LogP contribution in [0.5, 0.6) is 0 Å². The first-order valence-corrected chi connectivity index (χ1v) is 8.41. The van der Waals surface area contributed by atoms with Crippen molar-refractivity contribution in [3.63, 3.8) is 0 Å². The number of carbonyl (C=O) groups is 1. The molecule has 0 radical (unpaired) electrons. The lowest BCUT2D eigenvalue weighted by Gasteiger charge is -2.23. The number of amides is 1. The predicted octanol–water partition coefficient (Wildman–Crippen LogP) is 2.38. The highest BCUT2D eigenvalue weighted by Crippen LogP contribution is 2.22. The van der Waals surface area contributed by atoms with E-state index in [1.165, 1.54) is 24.8 Å². The van der Waals surface area contributed by atoms with Crippen LogP contribution in [0.2, 0.25) is 0 Å². The Morgan fingerprint density at radius 3 is 2.88 bits per heavy atom. The third kappa shape index (κ3) is 3.19. The zero-order chi connectivity index (χ0) is 16.5. The number of benzene rings is 1. The van der Waals surface area contributed by atoms with Crippen molar-refractivity contribution in [2.45, 2.75) is 37.8 Å². The first-order chi connectivity index (χ1) is 11.7. The van der Waals surface area contributed by atoms with Gasteiger partial charge in [0.15, 0.2) is 0 Å². The molecular formula is C18H20FN3O2. The Morgan fingerprint density at radius 1 is 1.25 bits per heavy atom. The van der Waals surface area contributed by atoms with Crippen LogP contribution in [0.4, 0.5) is 4.39 Å². The van der Waals surface area contributed by atoms with Crippen molar-refractivity contribution in [2.24, 2.45) is 0 Å². The molecule has 5 nitrogen and oxygen atoms in total. The molecule has 1 N–H and O–H groups in total. The second kappa shape index (κ2) is 6.36. The van der Waals surface area contributed by atoms with Crippen LogP contribution in [0.25, 0.3) is 11.5 Å². The number of hydrogen-bond donors (Lipinski definition) is 1. The lowest BCUT2D eigenvalue weighted by molar-refractivity contribution is -0.130. The van der Waals surface area contributed by atoms with E-state index in [2.05, 4.69) is 10.3 Å². The lowest BCUT2D eigenvalue weighted by Crippen LogP contribution is -2.39. The average molecular weight is 329 g/mol. The summed E-state index contributed by atoms with van der Waals surface area (Å²) in [5.41, 5.74) is 1.31. The minimum absolute atomic E-state index is 0.0864. The molecule has 2 aromatic rings. The third-order valence-electron chi connectivity index (χ3n) is 4.85. The van der Waals surface area contributed by atoms with Gasteiger partial charge >= 0.3 is 0 Å². The maximum absolute atomic E-state index is 13.0. The molecule has 2 aliphatic heterocycles. The molecule has 0 aliphatic carbocycles. The molecule has 2 aliphatic rings. The smallest absolute Gasteiger partial charge is 0.228 e. The normalized spacial score (nSPS) is 23.3. The van der Waals surface area contributed by atoms with Gasteiger partial charge in [-0.2, -0.15) is 0 Å². The fraction of sp³-hybridized carbons (Fsp3) is 0.444. The van der Waals surface area contributed by atoms with Gasteiger partial charge in [-0.3, -0.25) is 4.79 Å².